The quantitative estimate of drug-likeness (QED) is 0.554. The smallest absolute Gasteiger partial charge is 0.394 e. The molecule has 0 aliphatic heterocycles. The largest absolute Gasteiger partial charge is 0.416 e. The molecule has 0 saturated heterocycles. The van der Waals surface area contributed by atoms with Gasteiger partial charge in [-0.2, -0.15) is 13.2 Å². The highest BCUT2D eigenvalue weighted by molar-refractivity contribution is 7.52. The summed E-state index contributed by atoms with van der Waals surface area (Å²) in [6.45, 7) is 5.24. The molecule has 150 valence electrons. The fraction of sp³-hybridized carbons (Fsp3) is 0.333. The molecule has 1 unspecified atom stereocenters. The van der Waals surface area contributed by atoms with Gasteiger partial charge in [-0.15, -0.1) is 0 Å². The minimum Gasteiger partial charge on any atom is -0.394 e. The van der Waals surface area contributed by atoms with Crippen molar-refractivity contribution in [2.45, 2.75) is 38.8 Å². The highest BCUT2D eigenvalue weighted by Crippen LogP contribution is 2.52. The summed E-state index contributed by atoms with van der Waals surface area (Å²) >= 11 is 0. The zero-order valence-electron chi connectivity index (χ0n) is 15.1. The molecular weight excluding hydrogens is 382 g/mol. The predicted octanol–water partition coefficient (Wildman–Crippen LogP) is 4.69. The van der Waals surface area contributed by atoms with E-state index < -0.39 is 25.1 Å². The van der Waals surface area contributed by atoms with Gasteiger partial charge in [0, 0.05) is 11.8 Å². The predicted molar refractivity (Wildman–Crippen MR) is 98.4 cm³/mol. The van der Waals surface area contributed by atoms with Crippen LogP contribution in [0.3, 0.4) is 0 Å². The molecule has 0 fully saturated rings. The van der Waals surface area contributed by atoms with Crippen LogP contribution in [-0.2, 0) is 10.7 Å². The summed E-state index contributed by atoms with van der Waals surface area (Å²) in [4.78, 5) is 19.0. The zero-order chi connectivity index (χ0) is 20.8. The van der Waals surface area contributed by atoms with Crippen LogP contribution in [0, 0.1) is 6.92 Å². The Balaban J connectivity index is 0.000000828. The van der Waals surface area contributed by atoms with Crippen molar-refractivity contribution < 1.29 is 32.6 Å². The summed E-state index contributed by atoms with van der Waals surface area (Å²) < 4.78 is 50.1. The molecule has 5 nitrogen and oxygen atoms in total. The summed E-state index contributed by atoms with van der Waals surface area (Å²) in [6, 6.07) is 10.7. The standard InChI is InChI=1S/C15H15F3NO3P.C3H8O/c1-10-4-2-7-13(8-10)19-14(23(20,21)22)11-5-3-6-12(9-11)15(16,17)18;1-3(2)4/h2-9,14,19H,1H3,(H2,20,21,22);3-4H,1-2H3. The van der Waals surface area contributed by atoms with Crippen LogP contribution in [0.2, 0.25) is 0 Å². The monoisotopic (exact) mass is 405 g/mol. The van der Waals surface area contributed by atoms with Gasteiger partial charge in [-0.25, -0.2) is 0 Å². The maximum Gasteiger partial charge on any atom is 0.416 e. The Morgan fingerprint density at radius 1 is 1.04 bits per heavy atom. The molecule has 9 heteroatoms. The Morgan fingerprint density at radius 3 is 2.07 bits per heavy atom. The summed E-state index contributed by atoms with van der Waals surface area (Å²) in [5, 5.41) is 10.7. The van der Waals surface area contributed by atoms with Crippen molar-refractivity contribution in [3.8, 4) is 0 Å². The van der Waals surface area contributed by atoms with Crippen LogP contribution in [0.4, 0.5) is 18.9 Å². The van der Waals surface area contributed by atoms with Gasteiger partial charge in [0.2, 0.25) is 0 Å². The summed E-state index contributed by atoms with van der Waals surface area (Å²) in [5.74, 6) is -1.56. The molecule has 4 N–H and O–H groups in total. The van der Waals surface area contributed by atoms with Crippen molar-refractivity contribution in [2.75, 3.05) is 5.32 Å². The van der Waals surface area contributed by atoms with Crippen molar-refractivity contribution in [1.29, 1.82) is 0 Å². The third-order valence-corrected chi connectivity index (χ3v) is 4.29. The molecule has 0 spiro atoms. The number of aryl methyl sites for hydroxylation is 1. The van der Waals surface area contributed by atoms with E-state index in [0.717, 1.165) is 23.8 Å². The molecule has 0 amide bonds. The zero-order valence-corrected chi connectivity index (χ0v) is 16.0. The molecule has 2 aromatic carbocycles. The van der Waals surface area contributed by atoms with E-state index in [2.05, 4.69) is 5.32 Å². The first kappa shape index (κ1) is 23.2. The Labute approximate surface area is 156 Å². The minimum absolute atomic E-state index is 0.130. The molecular formula is C18H23F3NO4P. The number of benzene rings is 2. The Kier molecular flexibility index (Phi) is 8.04. The summed E-state index contributed by atoms with van der Waals surface area (Å²) in [6.07, 6.45) is -4.75. The Morgan fingerprint density at radius 2 is 1.59 bits per heavy atom. The molecule has 2 aromatic rings. The van der Waals surface area contributed by atoms with Gasteiger partial charge in [0.25, 0.3) is 0 Å². The summed E-state index contributed by atoms with van der Waals surface area (Å²) in [7, 11) is -4.73. The van der Waals surface area contributed by atoms with Crippen LogP contribution in [0.5, 0.6) is 0 Å². The number of nitrogens with one attached hydrogen (secondary N) is 1. The van der Waals surface area contributed by atoms with Crippen molar-refractivity contribution in [1.82, 2.24) is 0 Å². The number of hydrogen-bond donors (Lipinski definition) is 4. The molecule has 27 heavy (non-hydrogen) atoms. The normalized spacial score (nSPS) is 13.0. The molecule has 2 rings (SSSR count). The van der Waals surface area contributed by atoms with Gasteiger partial charge >= 0.3 is 13.8 Å². The second kappa shape index (κ2) is 9.37. The number of anilines is 1. The maximum absolute atomic E-state index is 12.8. The number of rotatable bonds is 4. The molecule has 0 aliphatic carbocycles. The third-order valence-electron chi connectivity index (χ3n) is 3.19. The van der Waals surface area contributed by atoms with Crippen LogP contribution >= 0.6 is 7.60 Å². The number of alkyl halides is 3. The third kappa shape index (κ3) is 8.13. The fourth-order valence-corrected chi connectivity index (χ4v) is 3.01. The van der Waals surface area contributed by atoms with E-state index in [-0.39, 0.29) is 11.7 Å². The SMILES string of the molecule is CC(C)O.Cc1cccc(NC(c2cccc(C(F)(F)F)c2)P(=O)(O)O)c1. The molecule has 0 radical (unpaired) electrons. The second-order valence-corrected chi connectivity index (χ2v) is 7.92. The van der Waals surface area contributed by atoms with E-state index >= 15 is 0 Å². The van der Waals surface area contributed by atoms with E-state index in [9.17, 15) is 27.5 Å². The highest BCUT2D eigenvalue weighted by atomic mass is 31.2. The minimum atomic E-state index is -4.73. The lowest BCUT2D eigenvalue weighted by molar-refractivity contribution is -0.137. The van der Waals surface area contributed by atoms with E-state index in [4.69, 9.17) is 5.11 Å². The summed E-state index contributed by atoms with van der Waals surface area (Å²) in [5.41, 5.74) is 0.174. The number of halogens is 3. The average Bonchev–Trinajstić information content (AvgIpc) is 2.50. The Bertz CT molecular complexity index is 787. The first-order chi connectivity index (χ1) is 12.3. The van der Waals surface area contributed by atoms with E-state index in [0.29, 0.717) is 5.69 Å². The van der Waals surface area contributed by atoms with Crippen LogP contribution in [-0.4, -0.2) is 21.0 Å². The molecule has 0 heterocycles. The lowest BCUT2D eigenvalue weighted by atomic mass is 10.1. The van der Waals surface area contributed by atoms with E-state index in [1.54, 1.807) is 45.0 Å². The highest BCUT2D eigenvalue weighted by Gasteiger charge is 2.34. The van der Waals surface area contributed by atoms with Gasteiger partial charge in [0.05, 0.1) is 5.56 Å². The number of aliphatic hydroxyl groups is 1. The van der Waals surface area contributed by atoms with E-state index in [1.165, 1.54) is 6.07 Å². The number of aliphatic hydroxyl groups excluding tert-OH is 1. The van der Waals surface area contributed by atoms with Crippen molar-refractivity contribution in [3.05, 3.63) is 65.2 Å². The van der Waals surface area contributed by atoms with Crippen LogP contribution in [0.15, 0.2) is 48.5 Å². The Hall–Kier alpha value is -1.86. The number of hydrogen-bond acceptors (Lipinski definition) is 3. The first-order valence-electron chi connectivity index (χ1n) is 8.04. The van der Waals surface area contributed by atoms with Crippen LogP contribution in [0.1, 0.15) is 36.3 Å². The lowest BCUT2D eigenvalue weighted by Gasteiger charge is -2.22. The average molecular weight is 405 g/mol. The van der Waals surface area contributed by atoms with Crippen LogP contribution in [0.25, 0.3) is 0 Å². The topological polar surface area (TPSA) is 89.8 Å². The van der Waals surface area contributed by atoms with Gasteiger partial charge in [-0.05, 0) is 56.2 Å². The van der Waals surface area contributed by atoms with E-state index in [1.807, 2.05) is 0 Å². The van der Waals surface area contributed by atoms with Crippen molar-refractivity contribution in [3.63, 3.8) is 0 Å². The molecule has 0 saturated carbocycles. The van der Waals surface area contributed by atoms with Gasteiger partial charge in [0.15, 0.2) is 5.78 Å². The fourth-order valence-electron chi connectivity index (χ4n) is 2.14. The lowest BCUT2D eigenvalue weighted by Crippen LogP contribution is -2.13. The van der Waals surface area contributed by atoms with Crippen LogP contribution < -0.4 is 5.32 Å². The van der Waals surface area contributed by atoms with Gasteiger partial charge < -0.3 is 20.2 Å². The first-order valence-corrected chi connectivity index (χ1v) is 9.72. The van der Waals surface area contributed by atoms with Crippen molar-refractivity contribution in [2.24, 2.45) is 0 Å². The molecule has 0 aromatic heterocycles. The second-order valence-electron chi connectivity index (χ2n) is 6.22. The molecule has 0 bridgehead atoms. The maximum atomic E-state index is 12.8. The molecule has 0 aliphatic rings. The van der Waals surface area contributed by atoms with Gasteiger partial charge in [-0.1, -0.05) is 24.3 Å². The van der Waals surface area contributed by atoms with Crippen molar-refractivity contribution >= 4 is 13.3 Å². The van der Waals surface area contributed by atoms with Gasteiger partial charge in [-0.3, -0.25) is 4.57 Å². The van der Waals surface area contributed by atoms with Gasteiger partial charge in [0.1, 0.15) is 0 Å². The molecule has 1 atom stereocenters.